The van der Waals surface area contributed by atoms with Crippen LogP contribution in [-0.2, 0) is 0 Å². The lowest BCUT2D eigenvalue weighted by Crippen LogP contribution is -2.12. The van der Waals surface area contributed by atoms with Gasteiger partial charge in [0.2, 0.25) is 0 Å². The lowest BCUT2D eigenvalue weighted by molar-refractivity contribution is 0.0913. The van der Waals surface area contributed by atoms with Crippen LogP contribution in [0.2, 0.25) is 5.15 Å². The van der Waals surface area contributed by atoms with Crippen LogP contribution in [0.5, 0.6) is 0 Å². The molecule has 0 N–H and O–H groups in total. The Morgan fingerprint density at radius 2 is 2.14 bits per heavy atom. The molecule has 0 aliphatic rings. The number of Topliss-reactive ketones (excluding diaryl/α,β-unsaturated/α-hetero) is 1. The second kappa shape index (κ2) is 5.11. The number of carbonyl (C=O) groups is 1. The SMILES string of the molecule is CCC(CC)C(=O)c1ccnc(Cl)c1. The third-order valence-electron chi connectivity index (χ3n) is 2.37. The molecule has 1 rings (SSSR count). The number of pyridine rings is 1. The molecule has 0 radical (unpaired) electrons. The van der Waals surface area contributed by atoms with Crippen molar-refractivity contribution in [2.75, 3.05) is 0 Å². The monoisotopic (exact) mass is 211 g/mol. The number of hydrogen-bond donors (Lipinski definition) is 0. The van der Waals surface area contributed by atoms with Crippen LogP contribution < -0.4 is 0 Å². The summed E-state index contributed by atoms with van der Waals surface area (Å²) in [5.74, 6) is 0.271. The predicted molar refractivity (Wildman–Crippen MR) is 57.6 cm³/mol. The van der Waals surface area contributed by atoms with Gasteiger partial charge in [-0.3, -0.25) is 4.79 Å². The molecule has 3 heteroatoms. The van der Waals surface area contributed by atoms with Crippen LogP contribution in [0.1, 0.15) is 37.0 Å². The second-order valence-electron chi connectivity index (χ2n) is 3.24. The van der Waals surface area contributed by atoms with Crippen LogP contribution in [-0.4, -0.2) is 10.8 Å². The van der Waals surface area contributed by atoms with E-state index in [1.165, 1.54) is 0 Å². The zero-order chi connectivity index (χ0) is 10.6. The molecule has 0 aliphatic heterocycles. The highest BCUT2D eigenvalue weighted by molar-refractivity contribution is 6.29. The molecule has 0 aliphatic carbocycles. The fourth-order valence-electron chi connectivity index (χ4n) is 1.45. The molecule has 1 heterocycles. The Bertz CT molecular complexity index is 321. The summed E-state index contributed by atoms with van der Waals surface area (Å²) in [5.41, 5.74) is 0.665. The summed E-state index contributed by atoms with van der Waals surface area (Å²) in [6, 6.07) is 3.34. The third kappa shape index (κ3) is 2.55. The van der Waals surface area contributed by atoms with Gasteiger partial charge in [0.05, 0.1) is 0 Å². The standard InChI is InChI=1S/C11H14ClNO/c1-3-8(4-2)11(14)9-5-6-13-10(12)7-9/h5-8H,3-4H2,1-2H3. The molecule has 0 amide bonds. The molecule has 76 valence electrons. The van der Waals surface area contributed by atoms with Gasteiger partial charge in [-0.1, -0.05) is 25.4 Å². The quantitative estimate of drug-likeness (QED) is 0.565. The van der Waals surface area contributed by atoms with E-state index in [0.29, 0.717) is 10.7 Å². The van der Waals surface area contributed by atoms with Crippen LogP contribution in [0.15, 0.2) is 18.3 Å². The molecule has 1 aromatic heterocycles. The molecule has 0 spiro atoms. The maximum Gasteiger partial charge on any atom is 0.166 e. The number of halogens is 1. The van der Waals surface area contributed by atoms with Crippen molar-refractivity contribution in [3.63, 3.8) is 0 Å². The van der Waals surface area contributed by atoms with Crippen molar-refractivity contribution < 1.29 is 4.79 Å². The van der Waals surface area contributed by atoms with Crippen molar-refractivity contribution >= 4 is 17.4 Å². The first-order chi connectivity index (χ1) is 6.69. The lowest BCUT2D eigenvalue weighted by Gasteiger charge is -2.10. The maximum atomic E-state index is 11.9. The van der Waals surface area contributed by atoms with E-state index in [1.54, 1.807) is 18.3 Å². The van der Waals surface area contributed by atoms with Crippen molar-refractivity contribution in [2.24, 2.45) is 5.92 Å². The van der Waals surface area contributed by atoms with Crippen molar-refractivity contribution in [3.8, 4) is 0 Å². The van der Waals surface area contributed by atoms with Crippen molar-refractivity contribution in [3.05, 3.63) is 29.0 Å². The third-order valence-corrected chi connectivity index (χ3v) is 2.57. The molecular formula is C11H14ClNO. The second-order valence-corrected chi connectivity index (χ2v) is 3.63. The van der Waals surface area contributed by atoms with E-state index in [2.05, 4.69) is 4.98 Å². The minimum absolute atomic E-state index is 0.105. The number of aromatic nitrogens is 1. The lowest BCUT2D eigenvalue weighted by atomic mass is 9.94. The van der Waals surface area contributed by atoms with Gasteiger partial charge >= 0.3 is 0 Å². The molecule has 0 aromatic carbocycles. The highest BCUT2D eigenvalue weighted by Crippen LogP contribution is 2.17. The van der Waals surface area contributed by atoms with E-state index in [0.717, 1.165) is 12.8 Å². The average molecular weight is 212 g/mol. The van der Waals surface area contributed by atoms with Gasteiger partial charge in [-0.15, -0.1) is 0 Å². The van der Waals surface area contributed by atoms with Gasteiger partial charge in [0.15, 0.2) is 5.78 Å². The molecule has 0 atom stereocenters. The Morgan fingerprint density at radius 1 is 1.50 bits per heavy atom. The van der Waals surface area contributed by atoms with E-state index >= 15 is 0 Å². The Labute approximate surface area is 89.3 Å². The number of hydrogen-bond acceptors (Lipinski definition) is 2. The van der Waals surface area contributed by atoms with Crippen LogP contribution in [0.25, 0.3) is 0 Å². The van der Waals surface area contributed by atoms with Crippen molar-refractivity contribution in [1.82, 2.24) is 4.98 Å². The summed E-state index contributed by atoms with van der Waals surface area (Å²) >= 11 is 5.72. The average Bonchev–Trinajstić information content (AvgIpc) is 2.19. The normalized spacial score (nSPS) is 10.6. The first kappa shape index (κ1) is 11.2. The van der Waals surface area contributed by atoms with Crippen LogP contribution in [0.3, 0.4) is 0 Å². The van der Waals surface area contributed by atoms with Crippen LogP contribution >= 0.6 is 11.6 Å². The number of nitrogens with zero attached hydrogens (tertiary/aromatic N) is 1. The first-order valence-electron chi connectivity index (χ1n) is 4.84. The summed E-state index contributed by atoms with van der Waals surface area (Å²) in [4.78, 5) is 15.7. The summed E-state index contributed by atoms with van der Waals surface area (Å²) < 4.78 is 0. The van der Waals surface area contributed by atoms with E-state index in [9.17, 15) is 4.79 Å². The van der Waals surface area contributed by atoms with Crippen molar-refractivity contribution in [2.45, 2.75) is 26.7 Å². The predicted octanol–water partition coefficient (Wildman–Crippen LogP) is 3.35. The highest BCUT2D eigenvalue weighted by Gasteiger charge is 2.16. The van der Waals surface area contributed by atoms with Crippen molar-refractivity contribution in [1.29, 1.82) is 0 Å². The first-order valence-corrected chi connectivity index (χ1v) is 5.22. The van der Waals surface area contributed by atoms with Gasteiger partial charge < -0.3 is 0 Å². The molecule has 0 saturated carbocycles. The minimum Gasteiger partial charge on any atom is -0.294 e. The highest BCUT2D eigenvalue weighted by atomic mass is 35.5. The molecular weight excluding hydrogens is 198 g/mol. The Morgan fingerprint density at radius 3 is 2.64 bits per heavy atom. The zero-order valence-corrected chi connectivity index (χ0v) is 9.21. The molecule has 0 saturated heterocycles. The van der Waals surface area contributed by atoms with E-state index in [4.69, 9.17) is 11.6 Å². The Balaban J connectivity index is 2.88. The number of ketones is 1. The fourth-order valence-corrected chi connectivity index (χ4v) is 1.62. The largest absolute Gasteiger partial charge is 0.294 e. The molecule has 2 nitrogen and oxygen atoms in total. The fraction of sp³-hybridized carbons (Fsp3) is 0.455. The molecule has 1 aromatic rings. The minimum atomic E-state index is 0.105. The topological polar surface area (TPSA) is 30.0 Å². The summed E-state index contributed by atoms with van der Waals surface area (Å²) in [7, 11) is 0. The molecule has 14 heavy (non-hydrogen) atoms. The van der Waals surface area contributed by atoms with Gasteiger partial charge in [-0.2, -0.15) is 0 Å². The Kier molecular flexibility index (Phi) is 4.08. The number of carbonyl (C=O) groups excluding carboxylic acids is 1. The van der Waals surface area contributed by atoms with E-state index < -0.39 is 0 Å². The summed E-state index contributed by atoms with van der Waals surface area (Å²) in [6.07, 6.45) is 3.31. The van der Waals surface area contributed by atoms with Gasteiger partial charge in [0, 0.05) is 17.7 Å². The van der Waals surface area contributed by atoms with Gasteiger partial charge in [0.25, 0.3) is 0 Å². The molecule has 0 bridgehead atoms. The maximum absolute atomic E-state index is 11.9. The van der Waals surface area contributed by atoms with Gasteiger partial charge in [0.1, 0.15) is 5.15 Å². The van der Waals surface area contributed by atoms with Gasteiger partial charge in [-0.25, -0.2) is 4.98 Å². The molecule has 0 fully saturated rings. The Hall–Kier alpha value is -0.890. The van der Waals surface area contributed by atoms with E-state index in [-0.39, 0.29) is 11.7 Å². The summed E-state index contributed by atoms with van der Waals surface area (Å²) in [5, 5.41) is 0.377. The van der Waals surface area contributed by atoms with Crippen LogP contribution in [0, 0.1) is 5.92 Å². The number of rotatable bonds is 4. The summed E-state index contributed by atoms with van der Waals surface area (Å²) in [6.45, 7) is 4.05. The zero-order valence-electron chi connectivity index (χ0n) is 8.46. The van der Waals surface area contributed by atoms with E-state index in [1.807, 2.05) is 13.8 Å². The smallest absolute Gasteiger partial charge is 0.166 e. The molecule has 0 unspecified atom stereocenters. The van der Waals surface area contributed by atoms with Crippen LogP contribution in [0.4, 0.5) is 0 Å². The van der Waals surface area contributed by atoms with Gasteiger partial charge in [-0.05, 0) is 25.0 Å².